The summed E-state index contributed by atoms with van der Waals surface area (Å²) in [7, 11) is 0. The lowest BCUT2D eigenvalue weighted by atomic mass is 9.63. The van der Waals surface area contributed by atoms with Crippen LogP contribution in [0.3, 0.4) is 0 Å². The van der Waals surface area contributed by atoms with Gasteiger partial charge >= 0.3 is 0 Å². The Balaban J connectivity index is 0.000000810. The Hall–Kier alpha value is 0.250. The maximum Gasteiger partial charge on any atom is 0.00669 e. The number of nitrogens with two attached hydrogens (primary N) is 1. The van der Waals surface area contributed by atoms with Crippen LogP contribution in [0.25, 0.3) is 0 Å². The SMILES string of the molecule is CCC1([C@H](C)N)CCC1.Cl. The van der Waals surface area contributed by atoms with E-state index in [0.29, 0.717) is 11.5 Å². The number of hydrogen-bond donors (Lipinski definition) is 1. The van der Waals surface area contributed by atoms with Crippen LogP contribution < -0.4 is 5.73 Å². The Kier molecular flexibility index (Phi) is 3.68. The molecule has 1 atom stereocenters. The van der Waals surface area contributed by atoms with Crippen molar-refractivity contribution in [3.05, 3.63) is 0 Å². The lowest BCUT2D eigenvalue weighted by molar-refractivity contribution is 0.0964. The number of hydrogen-bond acceptors (Lipinski definition) is 1. The summed E-state index contributed by atoms with van der Waals surface area (Å²) in [5.41, 5.74) is 6.38. The number of rotatable bonds is 2. The summed E-state index contributed by atoms with van der Waals surface area (Å²) in [6.07, 6.45) is 5.39. The highest BCUT2D eigenvalue weighted by atomic mass is 35.5. The van der Waals surface area contributed by atoms with Crippen LogP contribution in [0.1, 0.15) is 39.5 Å². The van der Waals surface area contributed by atoms with Crippen molar-refractivity contribution in [3.8, 4) is 0 Å². The highest BCUT2D eigenvalue weighted by Gasteiger charge is 2.38. The second kappa shape index (κ2) is 3.59. The Bertz CT molecular complexity index is 91.9. The lowest BCUT2D eigenvalue weighted by Gasteiger charge is -2.44. The van der Waals surface area contributed by atoms with E-state index in [9.17, 15) is 0 Å². The summed E-state index contributed by atoms with van der Waals surface area (Å²) < 4.78 is 0. The largest absolute Gasteiger partial charge is 0.327 e. The van der Waals surface area contributed by atoms with Crippen molar-refractivity contribution in [2.45, 2.75) is 45.6 Å². The van der Waals surface area contributed by atoms with Crippen LogP contribution in [0.15, 0.2) is 0 Å². The Morgan fingerprint density at radius 3 is 2.00 bits per heavy atom. The highest BCUT2D eigenvalue weighted by Crippen LogP contribution is 2.45. The standard InChI is InChI=1S/C8H17N.ClH/c1-3-8(7(2)9)5-4-6-8;/h7H,3-6,9H2,1-2H3;1H/t7-;/m0./s1. The molecule has 1 saturated carbocycles. The zero-order valence-electron chi connectivity index (χ0n) is 6.89. The third kappa shape index (κ3) is 1.46. The summed E-state index contributed by atoms with van der Waals surface area (Å²) in [4.78, 5) is 0. The van der Waals surface area contributed by atoms with E-state index in [1.165, 1.54) is 25.7 Å². The fraction of sp³-hybridized carbons (Fsp3) is 1.00. The first-order chi connectivity index (χ1) is 4.21. The summed E-state index contributed by atoms with van der Waals surface area (Å²) in [6, 6.07) is 0.413. The van der Waals surface area contributed by atoms with Gasteiger partial charge in [-0.1, -0.05) is 13.3 Å². The van der Waals surface area contributed by atoms with Crippen molar-refractivity contribution in [2.24, 2.45) is 11.1 Å². The summed E-state index contributed by atoms with van der Waals surface area (Å²) in [6.45, 7) is 4.39. The van der Waals surface area contributed by atoms with E-state index in [-0.39, 0.29) is 12.4 Å². The Morgan fingerprint density at radius 1 is 1.50 bits per heavy atom. The molecule has 10 heavy (non-hydrogen) atoms. The minimum atomic E-state index is 0. The zero-order chi connectivity index (χ0) is 6.91. The molecule has 0 radical (unpaired) electrons. The molecule has 0 aromatic rings. The monoisotopic (exact) mass is 163 g/mol. The van der Waals surface area contributed by atoms with Gasteiger partial charge in [-0.3, -0.25) is 0 Å². The normalized spacial score (nSPS) is 24.3. The second-order valence-corrected chi connectivity index (χ2v) is 3.36. The van der Waals surface area contributed by atoms with Gasteiger partial charge in [0.25, 0.3) is 0 Å². The van der Waals surface area contributed by atoms with Gasteiger partial charge in [-0.15, -0.1) is 12.4 Å². The van der Waals surface area contributed by atoms with E-state index in [1.807, 2.05) is 0 Å². The molecular formula is C8H18ClN. The number of halogens is 1. The van der Waals surface area contributed by atoms with Gasteiger partial charge in [0.2, 0.25) is 0 Å². The van der Waals surface area contributed by atoms with Crippen molar-refractivity contribution in [1.82, 2.24) is 0 Å². The molecule has 1 aliphatic rings. The smallest absolute Gasteiger partial charge is 0.00669 e. The molecule has 0 spiro atoms. The van der Waals surface area contributed by atoms with E-state index in [0.717, 1.165) is 0 Å². The van der Waals surface area contributed by atoms with Gasteiger partial charge in [0.05, 0.1) is 0 Å². The van der Waals surface area contributed by atoms with Gasteiger partial charge in [0.1, 0.15) is 0 Å². The molecule has 0 unspecified atom stereocenters. The van der Waals surface area contributed by atoms with Gasteiger partial charge in [0.15, 0.2) is 0 Å². The van der Waals surface area contributed by atoms with Gasteiger partial charge in [-0.05, 0) is 31.6 Å². The first kappa shape index (κ1) is 10.2. The topological polar surface area (TPSA) is 26.0 Å². The van der Waals surface area contributed by atoms with Crippen LogP contribution in [0.2, 0.25) is 0 Å². The first-order valence-electron chi connectivity index (χ1n) is 3.97. The molecule has 0 heterocycles. The minimum Gasteiger partial charge on any atom is -0.327 e. The summed E-state index contributed by atoms with van der Waals surface area (Å²) >= 11 is 0. The van der Waals surface area contributed by atoms with Crippen LogP contribution in [0, 0.1) is 5.41 Å². The van der Waals surface area contributed by atoms with E-state index < -0.39 is 0 Å². The molecule has 0 aromatic heterocycles. The fourth-order valence-electron chi connectivity index (χ4n) is 1.76. The molecule has 2 N–H and O–H groups in total. The van der Waals surface area contributed by atoms with Crippen molar-refractivity contribution >= 4 is 12.4 Å². The lowest BCUT2D eigenvalue weighted by Crippen LogP contribution is -2.44. The minimum absolute atomic E-state index is 0. The molecule has 0 aromatic carbocycles. The Morgan fingerprint density at radius 2 is 2.00 bits per heavy atom. The first-order valence-corrected chi connectivity index (χ1v) is 3.97. The maximum atomic E-state index is 5.84. The molecule has 1 nitrogen and oxygen atoms in total. The molecule has 0 bridgehead atoms. The molecule has 62 valence electrons. The van der Waals surface area contributed by atoms with Gasteiger partial charge in [-0.25, -0.2) is 0 Å². The molecule has 0 aliphatic heterocycles. The quantitative estimate of drug-likeness (QED) is 0.665. The second-order valence-electron chi connectivity index (χ2n) is 3.36. The van der Waals surface area contributed by atoms with Crippen LogP contribution in [0.4, 0.5) is 0 Å². The van der Waals surface area contributed by atoms with Gasteiger partial charge < -0.3 is 5.73 Å². The average molecular weight is 164 g/mol. The highest BCUT2D eigenvalue weighted by molar-refractivity contribution is 5.85. The van der Waals surface area contributed by atoms with Gasteiger partial charge in [0, 0.05) is 6.04 Å². The Labute approximate surface area is 69.8 Å². The van der Waals surface area contributed by atoms with Crippen molar-refractivity contribution in [1.29, 1.82) is 0 Å². The zero-order valence-corrected chi connectivity index (χ0v) is 7.71. The fourth-order valence-corrected chi connectivity index (χ4v) is 1.76. The predicted molar refractivity (Wildman–Crippen MR) is 47.5 cm³/mol. The summed E-state index contributed by atoms with van der Waals surface area (Å²) in [5.74, 6) is 0. The molecule has 0 saturated heterocycles. The van der Waals surface area contributed by atoms with Crippen molar-refractivity contribution in [2.75, 3.05) is 0 Å². The van der Waals surface area contributed by atoms with E-state index in [2.05, 4.69) is 13.8 Å². The van der Waals surface area contributed by atoms with Gasteiger partial charge in [-0.2, -0.15) is 0 Å². The van der Waals surface area contributed by atoms with E-state index in [1.54, 1.807) is 0 Å². The maximum absolute atomic E-state index is 5.84. The molecule has 1 fully saturated rings. The van der Waals surface area contributed by atoms with Crippen LogP contribution in [0.5, 0.6) is 0 Å². The van der Waals surface area contributed by atoms with E-state index in [4.69, 9.17) is 5.73 Å². The molecular weight excluding hydrogens is 146 g/mol. The van der Waals surface area contributed by atoms with Crippen molar-refractivity contribution in [3.63, 3.8) is 0 Å². The average Bonchev–Trinajstić information content (AvgIpc) is 1.62. The van der Waals surface area contributed by atoms with Crippen LogP contribution >= 0.6 is 12.4 Å². The molecule has 2 heteroatoms. The third-order valence-electron chi connectivity index (χ3n) is 3.02. The van der Waals surface area contributed by atoms with Crippen LogP contribution in [-0.4, -0.2) is 6.04 Å². The third-order valence-corrected chi connectivity index (χ3v) is 3.02. The molecule has 1 aliphatic carbocycles. The molecule has 1 rings (SSSR count). The predicted octanol–water partition coefficient (Wildman–Crippen LogP) is 2.34. The van der Waals surface area contributed by atoms with Crippen molar-refractivity contribution < 1.29 is 0 Å². The summed E-state index contributed by atoms with van der Waals surface area (Å²) in [5, 5.41) is 0. The van der Waals surface area contributed by atoms with E-state index >= 15 is 0 Å². The molecule has 0 amide bonds. The van der Waals surface area contributed by atoms with Crippen LogP contribution in [-0.2, 0) is 0 Å².